The first kappa shape index (κ1) is 24.2. The Labute approximate surface area is 204 Å². The van der Waals surface area contributed by atoms with E-state index in [0.717, 1.165) is 29.5 Å². The zero-order valence-electron chi connectivity index (χ0n) is 20.1. The highest BCUT2D eigenvalue weighted by Crippen LogP contribution is 2.45. The van der Waals surface area contributed by atoms with Crippen molar-refractivity contribution in [2.24, 2.45) is 5.73 Å². The molecule has 2 aliphatic rings. The molecule has 0 saturated heterocycles. The van der Waals surface area contributed by atoms with Crippen LogP contribution in [0.5, 0.6) is 0 Å². The van der Waals surface area contributed by atoms with Gasteiger partial charge in [-0.3, -0.25) is 14.4 Å². The van der Waals surface area contributed by atoms with Gasteiger partial charge in [-0.2, -0.15) is 5.26 Å². The highest BCUT2D eigenvalue weighted by molar-refractivity contribution is 6.01. The van der Waals surface area contributed by atoms with Crippen molar-refractivity contribution in [2.75, 3.05) is 5.73 Å². The Morgan fingerprint density at radius 2 is 2.00 bits per heavy atom. The lowest BCUT2D eigenvalue weighted by atomic mass is 9.97. The topological polar surface area (TPSA) is 152 Å². The Morgan fingerprint density at radius 3 is 2.60 bits per heavy atom. The molecule has 182 valence electrons. The normalized spacial score (nSPS) is 15.9. The molecule has 4 N–H and O–H groups in total. The van der Waals surface area contributed by atoms with Crippen molar-refractivity contribution in [1.82, 2.24) is 9.88 Å². The van der Waals surface area contributed by atoms with E-state index in [9.17, 15) is 19.6 Å². The molecule has 2 aromatic rings. The number of anilines is 1. The van der Waals surface area contributed by atoms with Gasteiger partial charge in [0.25, 0.3) is 5.91 Å². The van der Waals surface area contributed by atoms with Crippen molar-refractivity contribution in [2.45, 2.75) is 70.6 Å². The average Bonchev–Trinajstić information content (AvgIpc) is 3.56. The molecule has 1 aromatic carbocycles. The quantitative estimate of drug-likeness (QED) is 0.584. The molecule has 1 fully saturated rings. The van der Waals surface area contributed by atoms with Crippen LogP contribution in [0.2, 0.25) is 0 Å². The zero-order chi connectivity index (χ0) is 25.5. The van der Waals surface area contributed by atoms with Crippen molar-refractivity contribution in [3.63, 3.8) is 0 Å². The van der Waals surface area contributed by atoms with Gasteiger partial charge in [-0.05, 0) is 75.3 Å². The first-order chi connectivity index (χ1) is 16.5. The first-order valence-corrected chi connectivity index (χ1v) is 11.6. The average molecular weight is 476 g/mol. The maximum Gasteiger partial charge on any atom is 0.306 e. The van der Waals surface area contributed by atoms with Gasteiger partial charge >= 0.3 is 5.97 Å². The van der Waals surface area contributed by atoms with Crippen LogP contribution >= 0.6 is 0 Å². The standard InChI is InChI=1S/C26H29N5O4/c1-26(2,3)35-21(32)9-8-20(24(29)33)31-13-17-10-15(6-7-18(17)25(31)34)22-19(14-4-5-14)11-16(12-27)23(28)30-22/h6-7,10-11,14,20H,4-5,8-9,13H2,1-3H3,(H2,28,30)(H2,29,33). The summed E-state index contributed by atoms with van der Waals surface area (Å²) in [6, 6.07) is 8.35. The summed E-state index contributed by atoms with van der Waals surface area (Å²) >= 11 is 0. The van der Waals surface area contributed by atoms with Crippen LogP contribution in [0.1, 0.15) is 79.4 Å². The predicted octanol–water partition coefficient (Wildman–Crippen LogP) is 3.01. The van der Waals surface area contributed by atoms with Gasteiger partial charge in [0.2, 0.25) is 5.91 Å². The first-order valence-electron chi connectivity index (χ1n) is 11.6. The molecule has 1 aromatic heterocycles. The van der Waals surface area contributed by atoms with Crippen LogP contribution in [-0.4, -0.2) is 39.3 Å². The number of esters is 1. The molecule has 1 saturated carbocycles. The van der Waals surface area contributed by atoms with Crippen molar-refractivity contribution < 1.29 is 19.1 Å². The molecular weight excluding hydrogens is 446 g/mol. The van der Waals surface area contributed by atoms with Crippen LogP contribution in [0.3, 0.4) is 0 Å². The van der Waals surface area contributed by atoms with Crippen LogP contribution in [0.15, 0.2) is 24.3 Å². The molecule has 2 heterocycles. The number of hydrogen-bond acceptors (Lipinski definition) is 7. The van der Waals surface area contributed by atoms with Crippen LogP contribution in [-0.2, 0) is 20.9 Å². The molecule has 1 unspecified atom stereocenters. The summed E-state index contributed by atoms with van der Waals surface area (Å²) in [5, 5.41) is 9.34. The fraction of sp³-hybridized carbons (Fsp3) is 0.423. The molecule has 0 bridgehead atoms. The number of rotatable bonds is 7. The number of primary amides is 1. The van der Waals surface area contributed by atoms with Crippen molar-refractivity contribution in [1.29, 1.82) is 5.26 Å². The minimum absolute atomic E-state index is 0.0323. The number of carbonyl (C=O) groups is 3. The van der Waals surface area contributed by atoms with Crippen LogP contribution in [0, 0.1) is 11.3 Å². The number of nitriles is 1. The van der Waals surface area contributed by atoms with E-state index >= 15 is 0 Å². The van der Waals surface area contributed by atoms with Crippen LogP contribution in [0.25, 0.3) is 11.3 Å². The summed E-state index contributed by atoms with van der Waals surface area (Å²) in [5.74, 6) is -0.932. The number of aromatic nitrogens is 1. The number of carbonyl (C=O) groups excluding carboxylic acids is 3. The number of nitrogen functional groups attached to an aromatic ring is 1. The predicted molar refractivity (Wildman–Crippen MR) is 129 cm³/mol. The van der Waals surface area contributed by atoms with Gasteiger partial charge in [-0.25, -0.2) is 4.98 Å². The van der Waals surface area contributed by atoms with Gasteiger partial charge in [0.05, 0.1) is 11.3 Å². The lowest BCUT2D eigenvalue weighted by Crippen LogP contribution is -2.45. The van der Waals surface area contributed by atoms with Crippen molar-refractivity contribution in [3.05, 3.63) is 46.5 Å². The third kappa shape index (κ3) is 5.11. The Balaban J connectivity index is 1.58. The Bertz CT molecular complexity index is 1250. The fourth-order valence-electron chi connectivity index (χ4n) is 4.41. The van der Waals surface area contributed by atoms with E-state index < -0.39 is 23.5 Å². The second-order valence-corrected chi connectivity index (χ2v) is 10.1. The molecule has 0 spiro atoms. The van der Waals surface area contributed by atoms with E-state index in [2.05, 4.69) is 11.1 Å². The second kappa shape index (κ2) is 9.02. The maximum absolute atomic E-state index is 13.1. The van der Waals surface area contributed by atoms with Crippen molar-refractivity contribution >= 4 is 23.6 Å². The Kier molecular flexibility index (Phi) is 6.24. The largest absolute Gasteiger partial charge is 0.460 e. The van der Waals surface area contributed by atoms with E-state index in [1.807, 2.05) is 6.07 Å². The Hall–Kier alpha value is -3.93. The minimum Gasteiger partial charge on any atom is -0.460 e. The maximum atomic E-state index is 13.1. The lowest BCUT2D eigenvalue weighted by molar-refractivity contribution is -0.155. The lowest BCUT2D eigenvalue weighted by Gasteiger charge is -2.25. The monoisotopic (exact) mass is 475 g/mol. The number of ether oxygens (including phenoxy) is 1. The summed E-state index contributed by atoms with van der Waals surface area (Å²) in [6.45, 7) is 5.48. The highest BCUT2D eigenvalue weighted by Gasteiger charge is 2.36. The van der Waals surface area contributed by atoms with Crippen LogP contribution in [0.4, 0.5) is 5.82 Å². The van der Waals surface area contributed by atoms with E-state index in [-0.39, 0.29) is 31.1 Å². The van der Waals surface area contributed by atoms with Gasteiger partial charge in [0, 0.05) is 24.1 Å². The van der Waals surface area contributed by atoms with Gasteiger partial charge in [-0.15, -0.1) is 0 Å². The fourth-order valence-corrected chi connectivity index (χ4v) is 4.41. The molecule has 1 aliphatic heterocycles. The SMILES string of the molecule is CC(C)(C)OC(=O)CCC(C(N)=O)N1Cc2cc(-c3nc(N)c(C#N)cc3C3CC3)ccc2C1=O. The second-order valence-electron chi connectivity index (χ2n) is 10.1. The number of nitrogens with two attached hydrogens (primary N) is 2. The molecule has 1 atom stereocenters. The molecular formula is C26H29N5O4. The third-order valence-electron chi connectivity index (χ3n) is 6.18. The van der Waals surface area contributed by atoms with Crippen molar-refractivity contribution in [3.8, 4) is 17.3 Å². The van der Waals surface area contributed by atoms with E-state index in [0.29, 0.717) is 22.7 Å². The number of nitrogens with zero attached hydrogens (tertiary/aromatic N) is 3. The summed E-state index contributed by atoms with van der Waals surface area (Å²) in [7, 11) is 0. The zero-order valence-corrected chi connectivity index (χ0v) is 20.1. The summed E-state index contributed by atoms with van der Waals surface area (Å²) in [6.07, 6.45) is 2.10. The number of hydrogen-bond donors (Lipinski definition) is 2. The van der Waals surface area contributed by atoms with Gasteiger partial charge in [0.1, 0.15) is 23.5 Å². The summed E-state index contributed by atoms with van der Waals surface area (Å²) < 4.78 is 5.31. The molecule has 2 amide bonds. The number of pyridine rings is 1. The number of benzene rings is 1. The summed E-state index contributed by atoms with van der Waals surface area (Å²) in [5.41, 5.74) is 15.0. The highest BCUT2D eigenvalue weighted by atomic mass is 16.6. The number of fused-ring (bicyclic) bond motifs is 1. The smallest absolute Gasteiger partial charge is 0.306 e. The van der Waals surface area contributed by atoms with E-state index in [1.54, 1.807) is 39.0 Å². The molecule has 4 rings (SSSR count). The molecule has 35 heavy (non-hydrogen) atoms. The van der Waals surface area contributed by atoms with E-state index in [4.69, 9.17) is 16.2 Å². The van der Waals surface area contributed by atoms with Gasteiger partial charge < -0.3 is 21.1 Å². The molecule has 9 heteroatoms. The minimum atomic E-state index is -0.934. The molecule has 1 aliphatic carbocycles. The van der Waals surface area contributed by atoms with Gasteiger partial charge in [0.15, 0.2) is 0 Å². The third-order valence-corrected chi connectivity index (χ3v) is 6.18. The summed E-state index contributed by atoms with van der Waals surface area (Å²) in [4.78, 5) is 43.4. The van der Waals surface area contributed by atoms with Crippen LogP contribution < -0.4 is 11.5 Å². The molecule has 0 radical (unpaired) electrons. The van der Waals surface area contributed by atoms with Gasteiger partial charge in [-0.1, -0.05) is 6.07 Å². The molecule has 9 nitrogen and oxygen atoms in total. The van der Waals surface area contributed by atoms with E-state index in [1.165, 1.54) is 4.90 Å². The number of amides is 2. The Morgan fingerprint density at radius 1 is 1.29 bits per heavy atom.